The summed E-state index contributed by atoms with van der Waals surface area (Å²) in [6.07, 6.45) is 0.810. The van der Waals surface area contributed by atoms with Gasteiger partial charge < -0.3 is 10.8 Å². The second-order valence-electron chi connectivity index (χ2n) is 5.10. The van der Waals surface area contributed by atoms with E-state index in [0.29, 0.717) is 6.42 Å². The minimum Gasteiger partial charge on any atom is -0.481 e. The molecule has 0 aliphatic heterocycles. The first-order valence-electron chi connectivity index (χ1n) is 5.53. The van der Waals surface area contributed by atoms with Gasteiger partial charge >= 0.3 is 5.97 Å². The van der Waals surface area contributed by atoms with Gasteiger partial charge in [-0.25, -0.2) is 0 Å². The van der Waals surface area contributed by atoms with Crippen LogP contribution in [0.5, 0.6) is 0 Å². The van der Waals surface area contributed by atoms with Gasteiger partial charge in [-0.05, 0) is 52.1 Å². The van der Waals surface area contributed by atoms with E-state index < -0.39 is 5.97 Å². The van der Waals surface area contributed by atoms with Crippen LogP contribution in [-0.4, -0.2) is 11.1 Å². The van der Waals surface area contributed by atoms with Crippen LogP contribution in [0.25, 0.3) is 0 Å². The second-order valence-corrected chi connectivity index (χ2v) is 6.34. The first-order valence-corrected chi connectivity index (χ1v) is 6.61. The summed E-state index contributed by atoms with van der Waals surface area (Å²) in [5, 5.41) is 8.83. The maximum atomic E-state index is 10.7. The maximum absolute atomic E-state index is 10.7. The molecule has 3 nitrogen and oxygen atoms in total. The summed E-state index contributed by atoms with van der Waals surface area (Å²) in [6.45, 7) is 3.88. The van der Waals surface area contributed by atoms with Crippen molar-refractivity contribution in [3.8, 4) is 0 Å². The third-order valence-corrected chi connectivity index (χ3v) is 3.42. The highest BCUT2D eigenvalue weighted by Crippen LogP contribution is 2.31. The maximum Gasteiger partial charge on any atom is 0.303 e. The molecular formula is C13H18INO2. The summed E-state index contributed by atoms with van der Waals surface area (Å²) in [4.78, 5) is 10.7. The molecule has 0 saturated heterocycles. The third-order valence-electron chi connectivity index (χ3n) is 2.70. The lowest BCUT2D eigenvalue weighted by molar-refractivity contribution is -0.139. The van der Waals surface area contributed by atoms with Gasteiger partial charge in [0.15, 0.2) is 0 Å². The first kappa shape index (κ1) is 14.4. The highest BCUT2D eigenvalue weighted by molar-refractivity contribution is 14.1. The Morgan fingerprint density at radius 3 is 2.41 bits per heavy atom. The van der Waals surface area contributed by atoms with Crippen molar-refractivity contribution in [1.29, 1.82) is 0 Å². The first-order chi connectivity index (χ1) is 7.80. The van der Waals surface area contributed by atoms with E-state index in [9.17, 15) is 4.79 Å². The van der Waals surface area contributed by atoms with Crippen LogP contribution >= 0.6 is 22.6 Å². The van der Waals surface area contributed by atoms with Crippen LogP contribution in [0.3, 0.4) is 0 Å². The van der Waals surface area contributed by atoms with Gasteiger partial charge in [0.05, 0.1) is 6.42 Å². The Morgan fingerprint density at radius 2 is 1.94 bits per heavy atom. The van der Waals surface area contributed by atoms with Gasteiger partial charge in [-0.3, -0.25) is 4.79 Å². The quantitative estimate of drug-likeness (QED) is 0.804. The number of carboxylic acids is 1. The van der Waals surface area contributed by atoms with Gasteiger partial charge in [0.1, 0.15) is 0 Å². The molecule has 0 saturated carbocycles. The van der Waals surface area contributed by atoms with Crippen molar-refractivity contribution in [2.45, 2.75) is 32.7 Å². The van der Waals surface area contributed by atoms with Gasteiger partial charge in [0.2, 0.25) is 0 Å². The number of nitrogens with two attached hydrogens (primary N) is 1. The number of hydrogen-bond acceptors (Lipinski definition) is 2. The van der Waals surface area contributed by atoms with Crippen molar-refractivity contribution >= 4 is 28.6 Å². The molecule has 1 aromatic rings. The smallest absolute Gasteiger partial charge is 0.303 e. The zero-order valence-corrected chi connectivity index (χ0v) is 12.3. The number of carboxylic acid groups (broad SMARTS) is 1. The van der Waals surface area contributed by atoms with E-state index in [-0.39, 0.29) is 17.9 Å². The molecule has 0 bridgehead atoms. The van der Waals surface area contributed by atoms with E-state index in [0.717, 1.165) is 5.56 Å². The normalized spacial score (nSPS) is 13.4. The van der Waals surface area contributed by atoms with E-state index in [1.54, 1.807) is 0 Å². The fraction of sp³-hybridized carbons (Fsp3) is 0.462. The van der Waals surface area contributed by atoms with E-state index in [1.807, 2.05) is 38.1 Å². The topological polar surface area (TPSA) is 63.3 Å². The minimum absolute atomic E-state index is 0.110. The van der Waals surface area contributed by atoms with Crippen LogP contribution in [0.15, 0.2) is 24.3 Å². The Morgan fingerprint density at radius 1 is 1.41 bits per heavy atom. The molecule has 1 atom stereocenters. The standard InChI is InChI=1S/C13H18INO2/c1-13(2,8-12(16)17)7-11(15)9-3-5-10(14)6-4-9/h3-6,11H,7-8,15H2,1-2H3,(H,16,17). The molecule has 3 N–H and O–H groups in total. The molecule has 17 heavy (non-hydrogen) atoms. The zero-order valence-electron chi connectivity index (χ0n) is 10.1. The van der Waals surface area contributed by atoms with Gasteiger partial charge in [-0.2, -0.15) is 0 Å². The van der Waals surface area contributed by atoms with E-state index >= 15 is 0 Å². The fourth-order valence-corrected chi connectivity index (χ4v) is 2.26. The number of halogens is 1. The molecule has 0 fully saturated rings. The lowest BCUT2D eigenvalue weighted by Crippen LogP contribution is -2.24. The lowest BCUT2D eigenvalue weighted by Gasteiger charge is -2.26. The summed E-state index contributed by atoms with van der Waals surface area (Å²) < 4.78 is 1.17. The number of carbonyl (C=O) groups is 1. The van der Waals surface area contributed by atoms with Crippen LogP contribution in [-0.2, 0) is 4.79 Å². The predicted molar refractivity (Wildman–Crippen MR) is 76.7 cm³/mol. The predicted octanol–water partition coefficient (Wildman–Crippen LogP) is 3.18. The average molecular weight is 347 g/mol. The van der Waals surface area contributed by atoms with Gasteiger partial charge in [-0.1, -0.05) is 26.0 Å². The number of benzene rings is 1. The van der Waals surface area contributed by atoms with Crippen molar-refractivity contribution in [3.63, 3.8) is 0 Å². The summed E-state index contributed by atoms with van der Waals surface area (Å²) >= 11 is 2.25. The van der Waals surface area contributed by atoms with Crippen LogP contribution < -0.4 is 5.73 Å². The SMILES string of the molecule is CC(C)(CC(=O)O)CC(N)c1ccc(I)cc1. The largest absolute Gasteiger partial charge is 0.481 e. The summed E-state index contributed by atoms with van der Waals surface area (Å²) in [5.74, 6) is -0.773. The number of rotatable bonds is 5. The molecule has 1 rings (SSSR count). The monoisotopic (exact) mass is 347 g/mol. The summed E-state index contributed by atoms with van der Waals surface area (Å²) in [5.41, 5.74) is 6.89. The fourth-order valence-electron chi connectivity index (χ4n) is 1.90. The highest BCUT2D eigenvalue weighted by Gasteiger charge is 2.25. The molecule has 4 heteroatoms. The van der Waals surface area contributed by atoms with Crippen molar-refractivity contribution in [2.24, 2.45) is 11.1 Å². The summed E-state index contributed by atoms with van der Waals surface area (Å²) in [7, 11) is 0. The van der Waals surface area contributed by atoms with Crippen molar-refractivity contribution in [1.82, 2.24) is 0 Å². The number of hydrogen-bond donors (Lipinski definition) is 2. The minimum atomic E-state index is -0.773. The van der Waals surface area contributed by atoms with Crippen LogP contribution in [0, 0.1) is 8.99 Å². The Kier molecular flexibility index (Phi) is 4.94. The van der Waals surface area contributed by atoms with Crippen LogP contribution in [0.1, 0.15) is 38.3 Å². The van der Waals surface area contributed by atoms with Crippen molar-refractivity contribution in [2.75, 3.05) is 0 Å². The van der Waals surface area contributed by atoms with Gasteiger partial charge in [0.25, 0.3) is 0 Å². The lowest BCUT2D eigenvalue weighted by atomic mass is 9.81. The van der Waals surface area contributed by atoms with Crippen molar-refractivity contribution < 1.29 is 9.90 Å². The molecular weight excluding hydrogens is 329 g/mol. The Hall–Kier alpha value is -0.620. The molecule has 0 aliphatic carbocycles. The highest BCUT2D eigenvalue weighted by atomic mass is 127. The van der Waals surface area contributed by atoms with E-state index in [1.165, 1.54) is 3.57 Å². The molecule has 0 spiro atoms. The second kappa shape index (κ2) is 5.82. The molecule has 1 aromatic carbocycles. The van der Waals surface area contributed by atoms with Crippen LogP contribution in [0.4, 0.5) is 0 Å². The number of aliphatic carboxylic acids is 1. The molecule has 0 aromatic heterocycles. The van der Waals surface area contributed by atoms with Crippen molar-refractivity contribution in [3.05, 3.63) is 33.4 Å². The zero-order chi connectivity index (χ0) is 13.1. The Bertz CT molecular complexity index is 387. The molecule has 0 aliphatic rings. The molecule has 94 valence electrons. The van der Waals surface area contributed by atoms with Crippen LogP contribution in [0.2, 0.25) is 0 Å². The molecule has 0 radical (unpaired) electrons. The molecule has 0 heterocycles. The average Bonchev–Trinajstić information content (AvgIpc) is 2.15. The van der Waals surface area contributed by atoms with E-state index in [4.69, 9.17) is 10.8 Å². The Balaban J connectivity index is 2.68. The Labute approximate surface area is 116 Å². The molecule has 1 unspecified atom stereocenters. The third kappa shape index (κ3) is 5.04. The van der Waals surface area contributed by atoms with Gasteiger partial charge in [-0.15, -0.1) is 0 Å². The van der Waals surface area contributed by atoms with E-state index in [2.05, 4.69) is 22.6 Å². The molecule has 0 amide bonds. The summed E-state index contributed by atoms with van der Waals surface area (Å²) in [6, 6.07) is 7.92. The van der Waals surface area contributed by atoms with Gasteiger partial charge in [0, 0.05) is 9.61 Å².